The van der Waals surface area contributed by atoms with Crippen LogP contribution in [-0.4, -0.2) is 48.6 Å². The molecule has 1 N–H and O–H groups in total. The van der Waals surface area contributed by atoms with Crippen LogP contribution in [0.3, 0.4) is 0 Å². The molecule has 0 aromatic carbocycles. The number of hydrogen-bond donors (Lipinski definition) is 1. The molecule has 0 aliphatic carbocycles. The van der Waals surface area contributed by atoms with E-state index in [0.717, 1.165) is 6.04 Å². The van der Waals surface area contributed by atoms with Crippen LogP contribution in [0.5, 0.6) is 0 Å². The molecule has 1 saturated heterocycles. The molecule has 102 valence electrons. The highest BCUT2D eigenvalue weighted by atomic mass is 32.2. The summed E-state index contributed by atoms with van der Waals surface area (Å²) >= 11 is 2.07. The molecule has 0 aromatic rings. The summed E-state index contributed by atoms with van der Waals surface area (Å²) in [5.41, 5.74) is 0. The van der Waals surface area contributed by atoms with E-state index < -0.39 is 0 Å². The third-order valence-corrected chi connectivity index (χ3v) is 4.38. The van der Waals surface area contributed by atoms with Crippen LogP contribution in [0.4, 0.5) is 0 Å². The molecule has 1 aliphatic rings. The second kappa shape index (κ2) is 10.2. The maximum atomic E-state index is 3.66. The zero-order valence-electron chi connectivity index (χ0n) is 11.7. The zero-order valence-corrected chi connectivity index (χ0v) is 12.5. The smallest absolute Gasteiger partial charge is 0.0195 e. The van der Waals surface area contributed by atoms with Crippen molar-refractivity contribution in [2.45, 2.75) is 52.0 Å². The van der Waals surface area contributed by atoms with Gasteiger partial charge in [-0.3, -0.25) is 0 Å². The van der Waals surface area contributed by atoms with Crippen molar-refractivity contribution in [3.05, 3.63) is 0 Å². The first-order valence-corrected chi connectivity index (χ1v) is 8.55. The molecule has 1 atom stereocenters. The Labute approximate surface area is 112 Å². The van der Waals surface area contributed by atoms with Crippen LogP contribution in [0.25, 0.3) is 0 Å². The van der Waals surface area contributed by atoms with Crippen LogP contribution in [0, 0.1) is 0 Å². The van der Waals surface area contributed by atoms with Gasteiger partial charge in [-0.2, -0.15) is 11.8 Å². The highest BCUT2D eigenvalue weighted by Gasteiger charge is 2.15. The third kappa shape index (κ3) is 7.32. The van der Waals surface area contributed by atoms with E-state index in [4.69, 9.17) is 0 Å². The highest BCUT2D eigenvalue weighted by molar-refractivity contribution is 7.99. The van der Waals surface area contributed by atoms with E-state index in [1.54, 1.807) is 0 Å². The Bertz CT molecular complexity index is 170. The fourth-order valence-electron chi connectivity index (χ4n) is 2.54. The predicted octanol–water partition coefficient (Wildman–Crippen LogP) is 2.98. The quantitative estimate of drug-likeness (QED) is 0.640. The number of hydrogen-bond acceptors (Lipinski definition) is 3. The largest absolute Gasteiger partial charge is 0.313 e. The molecule has 1 rings (SSSR count). The van der Waals surface area contributed by atoms with Gasteiger partial charge < -0.3 is 10.2 Å². The Hall–Kier alpha value is 0.270. The lowest BCUT2D eigenvalue weighted by atomic mass is 10.0. The van der Waals surface area contributed by atoms with Crippen molar-refractivity contribution in [2.24, 2.45) is 0 Å². The minimum atomic E-state index is 0.758. The molecule has 1 aliphatic heterocycles. The molecule has 1 heterocycles. The summed E-state index contributed by atoms with van der Waals surface area (Å²) in [7, 11) is 0. The Balaban J connectivity index is 2.16. The Kier molecular flexibility index (Phi) is 9.21. The molecular weight excluding hydrogens is 228 g/mol. The summed E-state index contributed by atoms with van der Waals surface area (Å²) in [5.74, 6) is 2.59. The van der Waals surface area contributed by atoms with Gasteiger partial charge in [0.1, 0.15) is 0 Å². The van der Waals surface area contributed by atoms with E-state index in [-0.39, 0.29) is 0 Å². The monoisotopic (exact) mass is 258 g/mol. The molecule has 0 amide bonds. The van der Waals surface area contributed by atoms with E-state index >= 15 is 0 Å². The van der Waals surface area contributed by atoms with Gasteiger partial charge in [0.05, 0.1) is 0 Å². The minimum absolute atomic E-state index is 0.758. The Morgan fingerprint density at radius 3 is 2.76 bits per heavy atom. The molecule has 1 unspecified atom stereocenters. The van der Waals surface area contributed by atoms with E-state index in [2.05, 4.69) is 35.8 Å². The first-order chi connectivity index (χ1) is 8.36. The number of nitrogens with one attached hydrogen (secondary N) is 1. The van der Waals surface area contributed by atoms with Gasteiger partial charge in [-0.25, -0.2) is 0 Å². The van der Waals surface area contributed by atoms with Crippen LogP contribution in [0.1, 0.15) is 46.0 Å². The van der Waals surface area contributed by atoms with Crippen LogP contribution in [0.2, 0.25) is 0 Å². The van der Waals surface area contributed by atoms with Crippen molar-refractivity contribution in [3.63, 3.8) is 0 Å². The van der Waals surface area contributed by atoms with Crippen LogP contribution < -0.4 is 5.32 Å². The van der Waals surface area contributed by atoms with E-state index in [9.17, 15) is 0 Å². The van der Waals surface area contributed by atoms with Crippen molar-refractivity contribution in [2.75, 3.05) is 37.7 Å². The number of thioether (sulfide) groups is 1. The van der Waals surface area contributed by atoms with Gasteiger partial charge in [-0.05, 0) is 56.8 Å². The molecule has 0 bridgehead atoms. The summed E-state index contributed by atoms with van der Waals surface area (Å²) < 4.78 is 0. The van der Waals surface area contributed by atoms with E-state index in [1.165, 1.54) is 69.8 Å². The zero-order chi connectivity index (χ0) is 12.3. The first-order valence-electron chi connectivity index (χ1n) is 7.40. The molecule has 0 spiro atoms. The summed E-state index contributed by atoms with van der Waals surface area (Å²) in [5, 5.41) is 3.66. The molecule has 0 radical (unpaired) electrons. The van der Waals surface area contributed by atoms with Crippen LogP contribution in [-0.2, 0) is 0 Å². The maximum Gasteiger partial charge on any atom is 0.0195 e. The second-order valence-corrected chi connectivity index (χ2v) is 6.39. The maximum absolute atomic E-state index is 3.66. The summed E-state index contributed by atoms with van der Waals surface area (Å²) in [4.78, 5) is 2.67. The standard InChI is InChI=1S/C14H30N2S/c1-3-10-16(11-7-12-17-4-2)13-14-8-5-6-9-15-14/h14-15H,3-13H2,1-2H3. The van der Waals surface area contributed by atoms with E-state index in [1.807, 2.05) is 0 Å². The van der Waals surface area contributed by atoms with Crippen molar-refractivity contribution in [1.29, 1.82) is 0 Å². The van der Waals surface area contributed by atoms with Gasteiger partial charge >= 0.3 is 0 Å². The van der Waals surface area contributed by atoms with Gasteiger partial charge in [-0.1, -0.05) is 20.3 Å². The van der Waals surface area contributed by atoms with Crippen LogP contribution in [0.15, 0.2) is 0 Å². The molecule has 17 heavy (non-hydrogen) atoms. The summed E-state index contributed by atoms with van der Waals surface area (Å²) in [6.07, 6.45) is 6.81. The Morgan fingerprint density at radius 2 is 2.12 bits per heavy atom. The average Bonchev–Trinajstić information content (AvgIpc) is 2.36. The molecule has 0 aromatic heterocycles. The third-order valence-electron chi connectivity index (χ3n) is 3.40. The lowest BCUT2D eigenvalue weighted by Gasteiger charge is -2.30. The topological polar surface area (TPSA) is 15.3 Å². The lowest BCUT2D eigenvalue weighted by Crippen LogP contribution is -2.44. The summed E-state index contributed by atoms with van der Waals surface area (Å²) in [6, 6.07) is 0.758. The molecule has 3 heteroatoms. The summed E-state index contributed by atoms with van der Waals surface area (Å²) in [6.45, 7) is 9.61. The number of piperidine rings is 1. The SMILES string of the molecule is CCCN(CCCSCC)CC1CCCCN1. The fraction of sp³-hybridized carbons (Fsp3) is 1.00. The molecule has 2 nitrogen and oxygen atoms in total. The highest BCUT2D eigenvalue weighted by Crippen LogP contribution is 2.10. The molecular formula is C14H30N2S. The first kappa shape index (κ1) is 15.3. The van der Waals surface area contributed by atoms with Gasteiger partial charge in [-0.15, -0.1) is 0 Å². The average molecular weight is 258 g/mol. The normalized spacial score (nSPS) is 21.0. The van der Waals surface area contributed by atoms with Crippen molar-refractivity contribution in [1.82, 2.24) is 10.2 Å². The van der Waals surface area contributed by atoms with Crippen molar-refractivity contribution in [3.8, 4) is 0 Å². The van der Waals surface area contributed by atoms with Crippen LogP contribution >= 0.6 is 11.8 Å². The van der Waals surface area contributed by atoms with Gasteiger partial charge in [0.2, 0.25) is 0 Å². The van der Waals surface area contributed by atoms with Gasteiger partial charge in [0, 0.05) is 12.6 Å². The predicted molar refractivity (Wildman–Crippen MR) is 80.0 cm³/mol. The van der Waals surface area contributed by atoms with Gasteiger partial charge in [0.15, 0.2) is 0 Å². The Morgan fingerprint density at radius 1 is 1.24 bits per heavy atom. The van der Waals surface area contributed by atoms with Gasteiger partial charge in [0.25, 0.3) is 0 Å². The fourth-order valence-corrected chi connectivity index (χ4v) is 3.16. The van der Waals surface area contributed by atoms with Crippen molar-refractivity contribution < 1.29 is 0 Å². The van der Waals surface area contributed by atoms with E-state index in [0.29, 0.717) is 0 Å². The number of nitrogens with zero attached hydrogens (tertiary/aromatic N) is 1. The molecule has 0 saturated carbocycles. The number of rotatable bonds is 9. The second-order valence-electron chi connectivity index (χ2n) is 5.00. The minimum Gasteiger partial charge on any atom is -0.313 e. The lowest BCUT2D eigenvalue weighted by molar-refractivity contribution is 0.225. The molecule has 1 fully saturated rings. The van der Waals surface area contributed by atoms with Crippen molar-refractivity contribution >= 4 is 11.8 Å².